The number of hydrogen-bond acceptors (Lipinski definition) is 5. The number of carbonyl (C=O) groups excluding carboxylic acids is 1. The summed E-state index contributed by atoms with van der Waals surface area (Å²) in [5, 5.41) is 11.2. The van der Waals surface area contributed by atoms with Crippen LogP contribution in [0.5, 0.6) is 5.88 Å². The Bertz CT molecular complexity index is 863. The summed E-state index contributed by atoms with van der Waals surface area (Å²) in [5.41, 5.74) is 0.559. The third kappa shape index (κ3) is 5.85. The van der Waals surface area contributed by atoms with Crippen molar-refractivity contribution in [3.05, 3.63) is 65.6 Å². The summed E-state index contributed by atoms with van der Waals surface area (Å²) >= 11 is 0. The van der Waals surface area contributed by atoms with Gasteiger partial charge in [0, 0.05) is 11.1 Å². The van der Waals surface area contributed by atoms with Crippen molar-refractivity contribution in [1.29, 1.82) is 5.26 Å². The molecular formula is C19H18F2N4O2. The summed E-state index contributed by atoms with van der Waals surface area (Å²) in [6.45, 7) is 5.55. The number of nitrogens with zero attached hydrogens (tertiary/aromatic N) is 3. The third-order valence-corrected chi connectivity index (χ3v) is 3.71. The zero-order valence-corrected chi connectivity index (χ0v) is 14.7. The Balaban J connectivity index is 1.77. The Kier molecular flexibility index (Phi) is 6.94. The van der Waals surface area contributed by atoms with Crippen LogP contribution in [0, 0.1) is 23.0 Å². The predicted molar refractivity (Wildman–Crippen MR) is 93.5 cm³/mol. The highest BCUT2D eigenvalue weighted by Gasteiger charge is 2.16. The molecular weight excluding hydrogens is 354 g/mol. The highest BCUT2D eigenvalue weighted by atomic mass is 19.1. The second kappa shape index (κ2) is 9.38. The number of nitrogens with one attached hydrogen (secondary N) is 1. The maximum atomic E-state index is 13.7. The SMILES string of the molecule is C=C(CCCOc1cnc(C#N)cn1)C(=O)N[C@@H](C)c1cc(F)ccc1F. The van der Waals surface area contributed by atoms with Crippen LogP contribution in [0.15, 0.2) is 42.7 Å². The molecule has 1 atom stereocenters. The molecule has 0 saturated carbocycles. The fourth-order valence-electron chi connectivity index (χ4n) is 2.25. The molecule has 0 spiro atoms. The lowest BCUT2D eigenvalue weighted by atomic mass is 10.1. The van der Waals surface area contributed by atoms with Crippen LogP contribution in [0.4, 0.5) is 8.78 Å². The molecule has 1 aromatic carbocycles. The van der Waals surface area contributed by atoms with Gasteiger partial charge in [-0.05, 0) is 38.0 Å². The van der Waals surface area contributed by atoms with Crippen molar-refractivity contribution in [2.24, 2.45) is 0 Å². The molecule has 27 heavy (non-hydrogen) atoms. The third-order valence-electron chi connectivity index (χ3n) is 3.71. The molecule has 1 aromatic heterocycles. The van der Waals surface area contributed by atoms with Gasteiger partial charge in [-0.25, -0.2) is 18.7 Å². The minimum absolute atomic E-state index is 0.0684. The molecule has 0 aliphatic rings. The van der Waals surface area contributed by atoms with Crippen molar-refractivity contribution in [2.75, 3.05) is 6.61 Å². The van der Waals surface area contributed by atoms with E-state index in [-0.39, 0.29) is 23.7 Å². The van der Waals surface area contributed by atoms with Crippen molar-refractivity contribution >= 4 is 5.91 Å². The number of ether oxygens (including phenoxy) is 1. The molecule has 1 N–H and O–H groups in total. The number of halogens is 2. The first-order valence-corrected chi connectivity index (χ1v) is 8.19. The second-order valence-electron chi connectivity index (χ2n) is 5.77. The van der Waals surface area contributed by atoms with E-state index in [0.717, 1.165) is 18.2 Å². The van der Waals surface area contributed by atoms with Gasteiger partial charge in [-0.2, -0.15) is 5.26 Å². The van der Waals surface area contributed by atoms with Gasteiger partial charge in [-0.15, -0.1) is 0 Å². The van der Waals surface area contributed by atoms with E-state index in [1.807, 2.05) is 6.07 Å². The van der Waals surface area contributed by atoms with Crippen LogP contribution in [0.1, 0.15) is 37.1 Å². The highest BCUT2D eigenvalue weighted by Crippen LogP contribution is 2.18. The van der Waals surface area contributed by atoms with E-state index in [9.17, 15) is 13.6 Å². The lowest BCUT2D eigenvalue weighted by Gasteiger charge is -2.16. The second-order valence-corrected chi connectivity index (χ2v) is 5.77. The van der Waals surface area contributed by atoms with Gasteiger partial charge < -0.3 is 10.1 Å². The van der Waals surface area contributed by atoms with E-state index < -0.39 is 23.6 Å². The smallest absolute Gasteiger partial charge is 0.247 e. The average Bonchev–Trinajstić information content (AvgIpc) is 2.67. The van der Waals surface area contributed by atoms with E-state index in [4.69, 9.17) is 10.00 Å². The van der Waals surface area contributed by atoms with Crippen LogP contribution < -0.4 is 10.1 Å². The van der Waals surface area contributed by atoms with Crippen molar-refractivity contribution in [1.82, 2.24) is 15.3 Å². The Morgan fingerprint density at radius 2 is 2.15 bits per heavy atom. The molecule has 0 fully saturated rings. The standard InChI is InChI=1S/C19H18F2N4O2/c1-12(4-3-7-27-18-11-23-15(9-22)10-24-18)19(26)25-13(2)16-8-14(20)5-6-17(16)21/h5-6,8,10-11,13H,1,3-4,7H2,2H3,(H,25,26)/t13-/m0/s1. The van der Waals surface area contributed by atoms with Gasteiger partial charge in [0.2, 0.25) is 11.8 Å². The predicted octanol–water partition coefficient (Wildman–Crippen LogP) is 3.22. The van der Waals surface area contributed by atoms with Crippen LogP contribution in [0.2, 0.25) is 0 Å². The van der Waals surface area contributed by atoms with Gasteiger partial charge in [0.25, 0.3) is 0 Å². The monoisotopic (exact) mass is 372 g/mol. The largest absolute Gasteiger partial charge is 0.477 e. The fraction of sp³-hybridized carbons (Fsp3) is 0.263. The number of hydrogen-bond donors (Lipinski definition) is 1. The molecule has 1 heterocycles. The van der Waals surface area contributed by atoms with Crippen LogP contribution in [0.25, 0.3) is 0 Å². The molecule has 0 radical (unpaired) electrons. The van der Waals surface area contributed by atoms with Crippen molar-refractivity contribution < 1.29 is 18.3 Å². The molecule has 0 unspecified atom stereocenters. The van der Waals surface area contributed by atoms with E-state index in [1.165, 1.54) is 12.4 Å². The van der Waals surface area contributed by atoms with E-state index >= 15 is 0 Å². The quantitative estimate of drug-likeness (QED) is 0.568. The van der Waals surface area contributed by atoms with Crippen LogP contribution in [-0.2, 0) is 4.79 Å². The highest BCUT2D eigenvalue weighted by molar-refractivity contribution is 5.92. The number of amides is 1. The number of aromatic nitrogens is 2. The molecule has 140 valence electrons. The van der Waals surface area contributed by atoms with Crippen molar-refractivity contribution in [3.8, 4) is 11.9 Å². The van der Waals surface area contributed by atoms with Gasteiger partial charge >= 0.3 is 0 Å². The van der Waals surface area contributed by atoms with Crippen molar-refractivity contribution in [3.63, 3.8) is 0 Å². The van der Waals surface area contributed by atoms with E-state index in [1.54, 1.807) is 6.92 Å². The first kappa shape index (κ1) is 20.0. The normalized spacial score (nSPS) is 11.3. The molecule has 0 aliphatic carbocycles. The molecule has 1 amide bonds. The number of nitriles is 1. The Labute approximate surface area is 155 Å². The number of rotatable bonds is 8. The summed E-state index contributed by atoms with van der Waals surface area (Å²) < 4.78 is 32.4. The molecule has 2 rings (SSSR count). The Morgan fingerprint density at radius 1 is 1.37 bits per heavy atom. The zero-order chi connectivity index (χ0) is 19.8. The van der Waals surface area contributed by atoms with Crippen LogP contribution in [-0.4, -0.2) is 22.5 Å². The number of benzene rings is 1. The summed E-state index contributed by atoms with van der Waals surface area (Å²) in [4.78, 5) is 19.9. The summed E-state index contributed by atoms with van der Waals surface area (Å²) in [7, 11) is 0. The van der Waals surface area contributed by atoms with Gasteiger partial charge in [0.15, 0.2) is 5.69 Å². The topological polar surface area (TPSA) is 87.9 Å². The maximum absolute atomic E-state index is 13.7. The van der Waals surface area contributed by atoms with E-state index in [0.29, 0.717) is 18.4 Å². The van der Waals surface area contributed by atoms with Crippen LogP contribution in [0.3, 0.4) is 0 Å². The molecule has 0 saturated heterocycles. The van der Waals surface area contributed by atoms with Gasteiger partial charge in [-0.1, -0.05) is 6.58 Å². The first-order valence-electron chi connectivity index (χ1n) is 8.19. The lowest BCUT2D eigenvalue weighted by Crippen LogP contribution is -2.28. The maximum Gasteiger partial charge on any atom is 0.247 e. The lowest BCUT2D eigenvalue weighted by molar-refractivity contribution is -0.118. The summed E-state index contributed by atoms with van der Waals surface area (Å²) in [6.07, 6.45) is 3.49. The Hall–Kier alpha value is -3.34. The molecule has 2 aromatic rings. The minimum Gasteiger partial charge on any atom is -0.477 e. The Morgan fingerprint density at radius 3 is 2.81 bits per heavy atom. The fourth-order valence-corrected chi connectivity index (χ4v) is 2.25. The van der Waals surface area contributed by atoms with Gasteiger partial charge in [-0.3, -0.25) is 4.79 Å². The van der Waals surface area contributed by atoms with Crippen molar-refractivity contribution in [2.45, 2.75) is 25.8 Å². The van der Waals surface area contributed by atoms with Crippen LogP contribution >= 0.6 is 0 Å². The summed E-state index contributed by atoms with van der Waals surface area (Å²) in [6, 6.07) is 4.24. The number of carbonyl (C=O) groups is 1. The summed E-state index contributed by atoms with van der Waals surface area (Å²) in [5.74, 6) is -1.33. The van der Waals surface area contributed by atoms with E-state index in [2.05, 4.69) is 21.9 Å². The average molecular weight is 372 g/mol. The molecule has 6 nitrogen and oxygen atoms in total. The van der Waals surface area contributed by atoms with Gasteiger partial charge in [0.1, 0.15) is 17.7 Å². The first-order chi connectivity index (χ1) is 12.9. The zero-order valence-electron chi connectivity index (χ0n) is 14.7. The molecule has 0 aliphatic heterocycles. The minimum atomic E-state index is -0.699. The molecule has 0 bridgehead atoms. The van der Waals surface area contributed by atoms with Gasteiger partial charge in [0.05, 0.1) is 25.0 Å². The molecule has 8 heteroatoms.